The van der Waals surface area contributed by atoms with E-state index < -0.39 is 0 Å². The number of amides is 2. The highest BCUT2D eigenvalue weighted by atomic mass is 35.5. The minimum Gasteiger partial charge on any atom is -0.347 e. The largest absolute Gasteiger partial charge is 0.347 e. The average Bonchev–Trinajstić information content (AvgIpc) is 3.30. The Balaban J connectivity index is 1.28. The lowest BCUT2D eigenvalue weighted by Crippen LogP contribution is -2.38. The molecule has 2 amide bonds. The van der Waals surface area contributed by atoms with Crippen molar-refractivity contribution in [1.29, 1.82) is 0 Å². The first-order chi connectivity index (χ1) is 15.5. The average molecular weight is 472 g/mol. The number of carbonyl (C=O) groups is 2. The SMILES string of the molecule is O=C(NCc1ccc(F)cc1)c1csc(C2CCN(C(=O)Cc3ccccc3Cl)CC2)n1. The normalized spacial score (nSPS) is 14.4. The van der Waals surface area contributed by atoms with Crippen molar-refractivity contribution < 1.29 is 14.0 Å². The minimum atomic E-state index is -0.305. The van der Waals surface area contributed by atoms with E-state index in [2.05, 4.69) is 10.3 Å². The van der Waals surface area contributed by atoms with Gasteiger partial charge in [0.15, 0.2) is 0 Å². The Morgan fingerprint density at radius 3 is 2.56 bits per heavy atom. The van der Waals surface area contributed by atoms with E-state index in [0.29, 0.717) is 36.8 Å². The molecule has 32 heavy (non-hydrogen) atoms. The number of piperidine rings is 1. The first kappa shape index (κ1) is 22.4. The van der Waals surface area contributed by atoms with Crippen LogP contribution in [0.15, 0.2) is 53.9 Å². The van der Waals surface area contributed by atoms with Crippen molar-refractivity contribution in [1.82, 2.24) is 15.2 Å². The van der Waals surface area contributed by atoms with Gasteiger partial charge in [-0.1, -0.05) is 41.9 Å². The minimum absolute atomic E-state index is 0.0801. The van der Waals surface area contributed by atoms with Crippen molar-refractivity contribution in [3.8, 4) is 0 Å². The zero-order chi connectivity index (χ0) is 22.5. The number of carbonyl (C=O) groups excluding carboxylic acids is 2. The number of benzene rings is 2. The van der Waals surface area contributed by atoms with E-state index in [1.165, 1.54) is 23.5 Å². The molecule has 1 fully saturated rings. The van der Waals surface area contributed by atoms with Crippen LogP contribution < -0.4 is 5.32 Å². The number of halogens is 2. The van der Waals surface area contributed by atoms with Crippen LogP contribution in [0, 0.1) is 5.82 Å². The molecule has 2 heterocycles. The summed E-state index contributed by atoms with van der Waals surface area (Å²) in [6.07, 6.45) is 1.94. The predicted molar refractivity (Wildman–Crippen MR) is 123 cm³/mol. The van der Waals surface area contributed by atoms with E-state index in [1.807, 2.05) is 23.1 Å². The van der Waals surface area contributed by atoms with E-state index in [9.17, 15) is 14.0 Å². The number of aromatic nitrogens is 1. The van der Waals surface area contributed by atoms with Crippen LogP contribution in [0.5, 0.6) is 0 Å². The number of hydrogen-bond acceptors (Lipinski definition) is 4. The van der Waals surface area contributed by atoms with Gasteiger partial charge in [-0.3, -0.25) is 9.59 Å². The summed E-state index contributed by atoms with van der Waals surface area (Å²) >= 11 is 7.66. The maximum Gasteiger partial charge on any atom is 0.271 e. The summed E-state index contributed by atoms with van der Waals surface area (Å²) in [5, 5.41) is 6.13. The summed E-state index contributed by atoms with van der Waals surface area (Å²) in [5.74, 6) is -0.232. The van der Waals surface area contributed by atoms with Crippen LogP contribution in [0.25, 0.3) is 0 Å². The lowest BCUT2D eigenvalue weighted by Gasteiger charge is -2.31. The van der Waals surface area contributed by atoms with Crippen LogP contribution in [0.2, 0.25) is 5.02 Å². The van der Waals surface area contributed by atoms with Gasteiger partial charge in [-0.25, -0.2) is 9.37 Å². The van der Waals surface area contributed by atoms with Crippen LogP contribution in [0.4, 0.5) is 4.39 Å². The molecule has 1 aliphatic heterocycles. The fourth-order valence-electron chi connectivity index (χ4n) is 3.75. The summed E-state index contributed by atoms with van der Waals surface area (Å²) in [6.45, 7) is 1.65. The zero-order valence-corrected chi connectivity index (χ0v) is 19.0. The van der Waals surface area contributed by atoms with Gasteiger partial charge in [-0.2, -0.15) is 0 Å². The summed E-state index contributed by atoms with van der Waals surface area (Å²) in [7, 11) is 0. The summed E-state index contributed by atoms with van der Waals surface area (Å²) in [4.78, 5) is 31.5. The summed E-state index contributed by atoms with van der Waals surface area (Å²) < 4.78 is 13.0. The first-order valence-corrected chi connectivity index (χ1v) is 11.7. The molecule has 1 aliphatic rings. The van der Waals surface area contributed by atoms with Crippen LogP contribution in [0.1, 0.15) is 45.4 Å². The number of rotatable bonds is 6. The molecular formula is C24H23ClFN3O2S. The van der Waals surface area contributed by atoms with Crippen molar-refractivity contribution >= 4 is 34.8 Å². The molecule has 1 N–H and O–H groups in total. The zero-order valence-electron chi connectivity index (χ0n) is 17.4. The molecule has 0 radical (unpaired) electrons. The fourth-order valence-corrected chi connectivity index (χ4v) is 4.92. The summed E-state index contributed by atoms with van der Waals surface area (Å²) in [5.41, 5.74) is 2.06. The van der Waals surface area contributed by atoms with E-state index in [4.69, 9.17) is 11.6 Å². The molecular weight excluding hydrogens is 449 g/mol. The smallest absolute Gasteiger partial charge is 0.271 e. The Morgan fingerprint density at radius 2 is 1.84 bits per heavy atom. The van der Waals surface area contributed by atoms with Crippen molar-refractivity contribution in [3.05, 3.63) is 86.6 Å². The van der Waals surface area contributed by atoms with Gasteiger partial charge >= 0.3 is 0 Å². The Bertz CT molecular complexity index is 1090. The predicted octanol–water partition coefficient (Wildman–Crippen LogP) is 4.81. The third-order valence-corrected chi connectivity index (χ3v) is 6.99. The van der Waals surface area contributed by atoms with Crippen molar-refractivity contribution in [2.75, 3.05) is 13.1 Å². The number of likely N-dealkylation sites (tertiary alicyclic amines) is 1. The highest BCUT2D eigenvalue weighted by Gasteiger charge is 2.26. The molecule has 8 heteroatoms. The molecule has 5 nitrogen and oxygen atoms in total. The molecule has 0 bridgehead atoms. The Kier molecular flexibility index (Phi) is 7.17. The van der Waals surface area contributed by atoms with Gasteiger partial charge in [-0.05, 0) is 42.2 Å². The maximum absolute atomic E-state index is 13.0. The molecule has 0 aliphatic carbocycles. The van der Waals surface area contributed by atoms with E-state index in [0.717, 1.165) is 29.0 Å². The molecule has 2 aromatic carbocycles. The molecule has 166 valence electrons. The van der Waals surface area contributed by atoms with Crippen molar-refractivity contribution in [2.45, 2.75) is 31.7 Å². The quantitative estimate of drug-likeness (QED) is 0.561. The van der Waals surface area contributed by atoms with Gasteiger partial charge in [0.2, 0.25) is 5.91 Å². The Morgan fingerprint density at radius 1 is 1.12 bits per heavy atom. The Hall–Kier alpha value is -2.77. The molecule has 1 aromatic heterocycles. The maximum atomic E-state index is 13.0. The Labute approximate surface area is 195 Å². The highest BCUT2D eigenvalue weighted by Crippen LogP contribution is 2.31. The van der Waals surface area contributed by atoms with E-state index >= 15 is 0 Å². The second-order valence-corrected chi connectivity index (χ2v) is 9.10. The van der Waals surface area contributed by atoms with Crippen molar-refractivity contribution in [3.63, 3.8) is 0 Å². The fraction of sp³-hybridized carbons (Fsp3) is 0.292. The monoisotopic (exact) mass is 471 g/mol. The lowest BCUT2D eigenvalue weighted by molar-refractivity contribution is -0.131. The topological polar surface area (TPSA) is 62.3 Å². The standard InChI is InChI=1S/C24H23ClFN3O2S/c25-20-4-2-1-3-18(20)13-22(30)29-11-9-17(10-12-29)24-28-21(15-32-24)23(31)27-14-16-5-7-19(26)8-6-16/h1-8,15,17H,9-14H2,(H,27,31). The second-order valence-electron chi connectivity index (χ2n) is 7.80. The van der Waals surface area contributed by atoms with Crippen LogP contribution in [-0.2, 0) is 17.8 Å². The van der Waals surface area contributed by atoms with Gasteiger partial charge in [0.1, 0.15) is 11.5 Å². The molecule has 0 spiro atoms. The molecule has 4 rings (SSSR count). The molecule has 0 atom stereocenters. The van der Waals surface area contributed by atoms with Crippen molar-refractivity contribution in [2.24, 2.45) is 0 Å². The van der Waals surface area contributed by atoms with Crippen LogP contribution >= 0.6 is 22.9 Å². The van der Waals surface area contributed by atoms with Gasteiger partial charge in [0, 0.05) is 36.0 Å². The number of thiazole rings is 1. The van der Waals surface area contributed by atoms with Gasteiger partial charge in [0.05, 0.1) is 11.4 Å². The first-order valence-electron chi connectivity index (χ1n) is 10.5. The third-order valence-electron chi connectivity index (χ3n) is 5.62. The number of hydrogen-bond donors (Lipinski definition) is 1. The lowest BCUT2D eigenvalue weighted by atomic mass is 9.97. The molecule has 3 aromatic rings. The molecule has 0 saturated carbocycles. The highest BCUT2D eigenvalue weighted by molar-refractivity contribution is 7.09. The third kappa shape index (κ3) is 5.53. The number of nitrogens with zero attached hydrogens (tertiary/aromatic N) is 2. The number of nitrogens with one attached hydrogen (secondary N) is 1. The molecule has 0 unspecified atom stereocenters. The van der Waals surface area contributed by atoms with Gasteiger partial charge < -0.3 is 10.2 Å². The van der Waals surface area contributed by atoms with Gasteiger partial charge in [-0.15, -0.1) is 11.3 Å². The summed E-state index contributed by atoms with van der Waals surface area (Å²) in [6, 6.07) is 13.4. The molecule has 1 saturated heterocycles. The second kappa shape index (κ2) is 10.2. The van der Waals surface area contributed by atoms with Crippen LogP contribution in [-0.4, -0.2) is 34.8 Å². The van der Waals surface area contributed by atoms with Gasteiger partial charge in [0.25, 0.3) is 5.91 Å². The van der Waals surface area contributed by atoms with E-state index in [1.54, 1.807) is 23.6 Å². The van der Waals surface area contributed by atoms with Crippen LogP contribution in [0.3, 0.4) is 0 Å². The van der Waals surface area contributed by atoms with E-state index in [-0.39, 0.29) is 23.5 Å².